The van der Waals surface area contributed by atoms with Crippen LogP contribution >= 0.6 is 0 Å². The number of aliphatic carboxylic acids is 1. The van der Waals surface area contributed by atoms with Gasteiger partial charge in [-0.15, -0.1) is 0 Å². The van der Waals surface area contributed by atoms with Crippen LogP contribution < -0.4 is 0 Å². The minimum absolute atomic E-state index is 0.0109. The first-order valence-corrected chi connectivity index (χ1v) is 13.9. The fraction of sp³-hybridized carbons (Fsp3) is 0.900. The van der Waals surface area contributed by atoms with Crippen LogP contribution in [0.15, 0.2) is 12.2 Å². The van der Waals surface area contributed by atoms with Gasteiger partial charge in [-0.05, 0) is 125 Å². The molecule has 0 unspecified atom stereocenters. The first-order chi connectivity index (χ1) is 15.6. The number of fused-ring (bicyclic) bond motifs is 3. The molecule has 0 amide bonds. The average Bonchev–Trinajstić information content (AvgIpc) is 3.29. The van der Waals surface area contributed by atoms with Gasteiger partial charge in [0.2, 0.25) is 0 Å². The van der Waals surface area contributed by atoms with Gasteiger partial charge in [-0.3, -0.25) is 4.79 Å². The summed E-state index contributed by atoms with van der Waals surface area (Å²) in [6.45, 7) is 20.1. The van der Waals surface area contributed by atoms with Crippen LogP contribution in [-0.2, 0) is 9.53 Å². The predicted molar refractivity (Wildman–Crippen MR) is 136 cm³/mol. The molecule has 0 aromatic carbocycles. The minimum atomic E-state index is -0.795. The van der Waals surface area contributed by atoms with Crippen LogP contribution in [0.2, 0.25) is 0 Å². The summed E-state index contributed by atoms with van der Waals surface area (Å²) < 4.78 is 6.69. The maximum absolute atomic E-state index is 11.6. The van der Waals surface area contributed by atoms with Gasteiger partial charge in [-0.1, -0.05) is 32.9 Å². The van der Waals surface area contributed by atoms with Gasteiger partial charge in [0.1, 0.15) is 0 Å². The standard InChI is InChI=1S/C30H50O4/c1-19(2)20-11-17-29(7)23(27(20,5)15-14-25(31)32)10-9-21-22(12-16-28(21,29)6)30(8)18-13-24(34-30)26(3,4)33/h20-24,33H,1,9-18H2,2-8H3,(H,31,32)/t20-,21+,22-,23-,24-,27-,28-,29-,30-/m0/s1. The van der Waals surface area contributed by atoms with E-state index in [2.05, 4.69) is 41.2 Å². The molecule has 1 heterocycles. The average molecular weight is 475 g/mol. The van der Waals surface area contributed by atoms with Crippen molar-refractivity contribution in [1.82, 2.24) is 0 Å². The lowest BCUT2D eigenvalue weighted by molar-refractivity contribution is -0.187. The molecule has 1 saturated heterocycles. The third kappa shape index (κ3) is 3.81. The lowest BCUT2D eigenvalue weighted by atomic mass is 9.38. The topological polar surface area (TPSA) is 66.8 Å². The maximum Gasteiger partial charge on any atom is 0.303 e. The van der Waals surface area contributed by atoms with Gasteiger partial charge in [0.05, 0.1) is 17.3 Å². The molecule has 4 aliphatic rings. The second kappa shape index (κ2) is 8.33. The number of carboxylic acid groups (broad SMARTS) is 1. The molecule has 0 spiro atoms. The lowest BCUT2D eigenvalue weighted by Gasteiger charge is -2.66. The Balaban J connectivity index is 1.64. The van der Waals surface area contributed by atoms with Gasteiger partial charge >= 0.3 is 5.97 Å². The Bertz CT molecular complexity index is 828. The third-order valence-electron chi connectivity index (χ3n) is 12.0. The van der Waals surface area contributed by atoms with Crippen LogP contribution in [0.1, 0.15) is 113 Å². The molecular formula is C30H50O4. The highest BCUT2D eigenvalue weighted by molar-refractivity contribution is 5.66. The summed E-state index contributed by atoms with van der Waals surface area (Å²) in [7, 11) is 0. The zero-order valence-electron chi connectivity index (χ0n) is 22.9. The molecule has 34 heavy (non-hydrogen) atoms. The molecule has 9 atom stereocenters. The van der Waals surface area contributed by atoms with Crippen molar-refractivity contribution in [1.29, 1.82) is 0 Å². The van der Waals surface area contributed by atoms with Crippen molar-refractivity contribution in [3.05, 3.63) is 12.2 Å². The van der Waals surface area contributed by atoms with E-state index in [0.717, 1.165) is 25.7 Å². The van der Waals surface area contributed by atoms with Crippen molar-refractivity contribution in [2.24, 2.45) is 39.9 Å². The van der Waals surface area contributed by atoms with Crippen LogP contribution in [0.5, 0.6) is 0 Å². The van der Waals surface area contributed by atoms with E-state index in [1.807, 2.05) is 13.8 Å². The fourth-order valence-corrected chi connectivity index (χ4v) is 10.0. The van der Waals surface area contributed by atoms with Gasteiger partial charge in [0.25, 0.3) is 0 Å². The second-order valence-corrected chi connectivity index (χ2v) is 14.2. The number of hydrogen-bond donors (Lipinski definition) is 2. The number of hydrogen-bond acceptors (Lipinski definition) is 3. The smallest absolute Gasteiger partial charge is 0.303 e. The monoisotopic (exact) mass is 474 g/mol. The van der Waals surface area contributed by atoms with E-state index >= 15 is 0 Å². The number of rotatable bonds is 6. The SMILES string of the molecule is C=C(C)[C@@H]1CC[C@@]2(C)[C@@H](CC[C@@H]3[C@@H]([C@]4(C)CC[C@@H](C(C)(C)O)O4)CC[C@@]32C)[C@@]1(C)CCC(=O)O. The zero-order chi connectivity index (χ0) is 25.3. The number of ether oxygens (including phenoxy) is 1. The van der Waals surface area contributed by atoms with Crippen molar-refractivity contribution in [2.45, 2.75) is 130 Å². The van der Waals surface area contributed by atoms with Gasteiger partial charge in [0.15, 0.2) is 0 Å². The van der Waals surface area contributed by atoms with E-state index in [4.69, 9.17) is 4.74 Å². The lowest BCUT2D eigenvalue weighted by Crippen LogP contribution is -2.60. The largest absolute Gasteiger partial charge is 0.481 e. The van der Waals surface area contributed by atoms with E-state index < -0.39 is 11.6 Å². The Morgan fingerprint density at radius 1 is 0.971 bits per heavy atom. The molecule has 3 saturated carbocycles. The van der Waals surface area contributed by atoms with Crippen LogP contribution in [0, 0.1) is 39.9 Å². The third-order valence-corrected chi connectivity index (χ3v) is 12.0. The Morgan fingerprint density at radius 3 is 2.18 bits per heavy atom. The highest BCUT2D eigenvalue weighted by Gasteiger charge is 2.68. The number of carboxylic acids is 1. The minimum Gasteiger partial charge on any atom is -0.481 e. The summed E-state index contributed by atoms with van der Waals surface area (Å²) in [4.78, 5) is 11.6. The molecule has 194 valence electrons. The Labute approximate surface area is 207 Å². The number of carbonyl (C=O) groups is 1. The van der Waals surface area contributed by atoms with Crippen LogP contribution in [0.3, 0.4) is 0 Å². The maximum atomic E-state index is 11.6. The van der Waals surface area contributed by atoms with Crippen LogP contribution in [0.25, 0.3) is 0 Å². The second-order valence-electron chi connectivity index (χ2n) is 14.2. The molecule has 1 aliphatic heterocycles. The van der Waals surface area contributed by atoms with Gasteiger partial charge in [-0.25, -0.2) is 0 Å². The molecule has 0 aromatic heterocycles. The summed E-state index contributed by atoms with van der Waals surface area (Å²) in [5.74, 6) is 1.42. The first-order valence-electron chi connectivity index (χ1n) is 13.9. The van der Waals surface area contributed by atoms with Crippen molar-refractivity contribution in [3.8, 4) is 0 Å². The molecule has 3 aliphatic carbocycles. The molecule has 0 aromatic rings. The Kier molecular flexibility index (Phi) is 6.42. The van der Waals surface area contributed by atoms with E-state index in [1.165, 1.54) is 37.7 Å². The molecule has 4 fully saturated rings. The zero-order valence-corrected chi connectivity index (χ0v) is 22.9. The van der Waals surface area contributed by atoms with Crippen molar-refractivity contribution in [2.75, 3.05) is 0 Å². The Hall–Kier alpha value is -0.870. The molecule has 4 heteroatoms. The molecule has 4 rings (SSSR count). The van der Waals surface area contributed by atoms with E-state index in [9.17, 15) is 15.0 Å². The van der Waals surface area contributed by atoms with E-state index in [-0.39, 0.29) is 34.4 Å². The van der Waals surface area contributed by atoms with Gasteiger partial charge < -0.3 is 14.9 Å². The highest BCUT2D eigenvalue weighted by Crippen LogP contribution is 2.74. The molecular weight excluding hydrogens is 424 g/mol. The van der Waals surface area contributed by atoms with Crippen molar-refractivity contribution >= 4 is 5.97 Å². The first kappa shape index (κ1) is 26.2. The fourth-order valence-electron chi connectivity index (χ4n) is 10.0. The highest BCUT2D eigenvalue weighted by atomic mass is 16.5. The van der Waals surface area contributed by atoms with Crippen molar-refractivity contribution < 1.29 is 19.7 Å². The molecule has 0 bridgehead atoms. The number of allylic oxidation sites excluding steroid dienone is 1. The normalized spacial score (nSPS) is 48.9. The summed E-state index contributed by atoms with van der Waals surface area (Å²) in [5, 5.41) is 20.2. The summed E-state index contributed by atoms with van der Waals surface area (Å²) >= 11 is 0. The van der Waals surface area contributed by atoms with E-state index in [0.29, 0.717) is 23.7 Å². The molecule has 4 nitrogen and oxygen atoms in total. The number of aliphatic hydroxyl groups is 1. The summed E-state index contributed by atoms with van der Waals surface area (Å²) in [5.41, 5.74) is 0.714. The van der Waals surface area contributed by atoms with Crippen molar-refractivity contribution in [3.63, 3.8) is 0 Å². The molecule has 2 N–H and O–H groups in total. The Morgan fingerprint density at radius 2 is 1.62 bits per heavy atom. The van der Waals surface area contributed by atoms with Crippen LogP contribution in [0.4, 0.5) is 0 Å². The van der Waals surface area contributed by atoms with E-state index in [1.54, 1.807) is 0 Å². The van der Waals surface area contributed by atoms with Gasteiger partial charge in [0, 0.05) is 6.42 Å². The quantitative estimate of drug-likeness (QED) is 0.407. The molecule has 0 radical (unpaired) electrons. The summed E-state index contributed by atoms with van der Waals surface area (Å²) in [6.07, 6.45) is 10.0. The predicted octanol–water partition coefficient (Wildman–Crippen LogP) is 7.00. The summed E-state index contributed by atoms with van der Waals surface area (Å²) in [6, 6.07) is 0. The van der Waals surface area contributed by atoms with Gasteiger partial charge in [-0.2, -0.15) is 0 Å². The van der Waals surface area contributed by atoms with Crippen LogP contribution in [-0.4, -0.2) is 33.5 Å².